The molecule has 0 heterocycles. The maximum absolute atomic E-state index is 9.85. The Kier molecular flexibility index (Phi) is 10.8. The van der Waals surface area contributed by atoms with Crippen molar-refractivity contribution in [2.24, 2.45) is 0 Å². The van der Waals surface area contributed by atoms with Crippen molar-refractivity contribution in [1.29, 1.82) is 0 Å². The van der Waals surface area contributed by atoms with Crippen molar-refractivity contribution < 1.29 is 20.4 Å². The number of aromatic hydroxyl groups is 4. The summed E-state index contributed by atoms with van der Waals surface area (Å²) in [7, 11) is 0. The van der Waals surface area contributed by atoms with Gasteiger partial charge in [0.25, 0.3) is 0 Å². The molecule has 4 aromatic carbocycles. The normalized spacial score (nSPS) is 11.6. The lowest BCUT2D eigenvalue weighted by Crippen LogP contribution is -2.23. The highest BCUT2D eigenvalue weighted by molar-refractivity contribution is 9.11. The Balaban J connectivity index is 0.000000222. The minimum absolute atomic E-state index is 0.101. The summed E-state index contributed by atoms with van der Waals surface area (Å²) in [4.78, 5) is 0. The van der Waals surface area contributed by atoms with Crippen molar-refractivity contribution >= 4 is 63.7 Å². The number of rotatable bonds is 6. The molecule has 0 aromatic heterocycles. The van der Waals surface area contributed by atoms with Crippen molar-refractivity contribution in [3.8, 4) is 23.0 Å². The van der Waals surface area contributed by atoms with Crippen molar-refractivity contribution in [3.05, 3.63) is 113 Å². The van der Waals surface area contributed by atoms with Gasteiger partial charge in [-0.15, -0.1) is 0 Å². The molecule has 0 saturated heterocycles. The molecule has 4 N–H and O–H groups in total. The molecule has 40 heavy (non-hydrogen) atoms. The maximum Gasteiger partial charge on any atom is 0.143 e. The summed E-state index contributed by atoms with van der Waals surface area (Å²) in [6, 6.07) is 22.4. The van der Waals surface area contributed by atoms with E-state index in [1.54, 1.807) is 24.3 Å². The highest BCUT2D eigenvalue weighted by Gasteiger charge is 2.28. The van der Waals surface area contributed by atoms with Crippen molar-refractivity contribution in [1.82, 2.24) is 0 Å². The number of halogens is 4. The van der Waals surface area contributed by atoms with Gasteiger partial charge in [-0.25, -0.2) is 0 Å². The van der Waals surface area contributed by atoms with Crippen LogP contribution in [-0.4, -0.2) is 20.4 Å². The van der Waals surface area contributed by atoms with Gasteiger partial charge < -0.3 is 20.4 Å². The molecule has 0 amide bonds. The molecular weight excluding hydrogens is 768 g/mol. The van der Waals surface area contributed by atoms with E-state index in [9.17, 15) is 20.4 Å². The largest absolute Gasteiger partial charge is 0.508 e. The number of phenolic OH excluding ortho intramolecular Hbond substituents is 4. The smallest absolute Gasteiger partial charge is 0.143 e. The third-order valence-electron chi connectivity index (χ3n) is 7.24. The molecule has 0 atom stereocenters. The number of benzene rings is 4. The molecule has 4 aromatic rings. The number of phenols is 4. The van der Waals surface area contributed by atoms with Gasteiger partial charge in [-0.2, -0.15) is 0 Å². The Labute approximate surface area is 269 Å². The van der Waals surface area contributed by atoms with Crippen LogP contribution in [-0.2, 0) is 10.8 Å². The van der Waals surface area contributed by atoms with Crippen molar-refractivity contribution in [2.45, 2.75) is 51.4 Å². The molecule has 0 bridgehead atoms. The zero-order valence-electron chi connectivity index (χ0n) is 22.6. The number of hydrogen-bond donors (Lipinski definition) is 4. The molecule has 4 nitrogen and oxygen atoms in total. The molecule has 0 fully saturated rings. The van der Waals surface area contributed by atoms with Crippen LogP contribution in [0.1, 0.15) is 62.8 Å². The molecule has 0 aliphatic heterocycles. The van der Waals surface area contributed by atoms with Crippen LogP contribution >= 0.6 is 63.7 Å². The first-order valence-corrected chi connectivity index (χ1v) is 15.8. The first-order chi connectivity index (χ1) is 18.7. The number of hydrogen-bond acceptors (Lipinski definition) is 4. The molecule has 8 heteroatoms. The summed E-state index contributed by atoms with van der Waals surface area (Å²) in [5.41, 5.74) is 4.01. The van der Waals surface area contributed by atoms with Gasteiger partial charge in [-0.3, -0.25) is 0 Å². The van der Waals surface area contributed by atoms with Crippen LogP contribution in [0.3, 0.4) is 0 Å². The van der Waals surface area contributed by atoms with Crippen LogP contribution in [0.15, 0.2) is 90.7 Å². The van der Waals surface area contributed by atoms with Crippen LogP contribution in [0.5, 0.6) is 23.0 Å². The minimum Gasteiger partial charge on any atom is -0.508 e. The van der Waals surface area contributed by atoms with Crippen LogP contribution in [0.25, 0.3) is 0 Å². The van der Waals surface area contributed by atoms with Crippen molar-refractivity contribution in [3.63, 3.8) is 0 Å². The van der Waals surface area contributed by atoms with E-state index in [1.807, 2.05) is 48.5 Å². The molecule has 4 rings (SSSR count). The molecule has 0 aliphatic rings. The fraction of sp³-hybridized carbons (Fsp3) is 0.250. The second kappa shape index (κ2) is 13.3. The Bertz CT molecular complexity index is 1310. The second-order valence-corrected chi connectivity index (χ2v) is 13.8. The van der Waals surface area contributed by atoms with E-state index in [0.717, 1.165) is 24.0 Å². The lowest BCUT2D eigenvalue weighted by Gasteiger charge is -2.31. The van der Waals surface area contributed by atoms with Gasteiger partial charge in [0.05, 0.1) is 17.9 Å². The summed E-state index contributed by atoms with van der Waals surface area (Å²) in [6.07, 6.45) is 2.08. The quantitative estimate of drug-likeness (QED) is 0.157. The predicted molar refractivity (Wildman–Crippen MR) is 177 cm³/mol. The van der Waals surface area contributed by atoms with Gasteiger partial charge in [0.15, 0.2) is 0 Å². The predicted octanol–water partition coefficient (Wildman–Crippen LogP) is 10.7. The highest BCUT2D eigenvalue weighted by atomic mass is 79.9. The van der Waals surface area contributed by atoms with Gasteiger partial charge in [0, 0.05) is 10.8 Å². The first kappa shape index (κ1) is 32.5. The van der Waals surface area contributed by atoms with Crippen LogP contribution < -0.4 is 0 Å². The van der Waals surface area contributed by atoms with E-state index in [-0.39, 0.29) is 33.8 Å². The third kappa shape index (κ3) is 7.25. The summed E-state index contributed by atoms with van der Waals surface area (Å²) >= 11 is 13.5. The SMILES string of the molecule is CC(C)(c1cc(Br)c(O)c(Br)c1)c1cc(Br)c(O)c(Br)c1.CCCC(C)(c1ccc(O)cc1)c1ccc(O)cc1. The average Bonchev–Trinajstić information content (AvgIpc) is 2.91. The Morgan fingerprint density at radius 2 is 0.825 bits per heavy atom. The topological polar surface area (TPSA) is 80.9 Å². The second-order valence-electron chi connectivity index (χ2n) is 10.4. The van der Waals surface area contributed by atoms with Gasteiger partial charge in [-0.1, -0.05) is 58.4 Å². The van der Waals surface area contributed by atoms with E-state index < -0.39 is 0 Å². The van der Waals surface area contributed by atoms with E-state index in [4.69, 9.17) is 0 Å². The fourth-order valence-electron chi connectivity index (χ4n) is 4.63. The van der Waals surface area contributed by atoms with Gasteiger partial charge in [0.2, 0.25) is 0 Å². The molecule has 0 saturated carbocycles. The Morgan fingerprint density at radius 3 is 1.10 bits per heavy atom. The monoisotopic (exact) mass is 796 g/mol. The fourth-order valence-corrected chi connectivity index (χ4v) is 7.01. The molecule has 212 valence electrons. The lowest BCUT2D eigenvalue weighted by atomic mass is 9.73. The molecular formula is C32H32Br4O4. The summed E-state index contributed by atoms with van der Waals surface area (Å²) in [6.45, 7) is 8.54. The zero-order valence-corrected chi connectivity index (χ0v) is 29.0. The van der Waals surface area contributed by atoms with E-state index >= 15 is 0 Å². The minimum atomic E-state index is -0.308. The molecule has 0 aliphatic carbocycles. The van der Waals surface area contributed by atoms with E-state index in [0.29, 0.717) is 17.9 Å². The van der Waals surface area contributed by atoms with Crippen molar-refractivity contribution in [2.75, 3.05) is 0 Å². The van der Waals surface area contributed by atoms with E-state index in [1.165, 1.54) is 11.1 Å². The van der Waals surface area contributed by atoms with Gasteiger partial charge >= 0.3 is 0 Å². The standard InChI is InChI=1S/C17H20O2.C15H12Br4O2/c1-3-12-17(2,13-4-8-15(18)9-5-13)14-6-10-16(19)11-7-14;1-15(2,7-3-9(16)13(20)10(17)4-7)8-5-11(18)14(21)12(19)6-8/h4-11,18-19H,3,12H2,1-2H3;3-6,20-21H,1-2H3. The highest BCUT2D eigenvalue weighted by Crippen LogP contribution is 2.43. The third-order valence-corrected chi connectivity index (χ3v) is 9.65. The maximum atomic E-state index is 9.85. The summed E-state index contributed by atoms with van der Waals surface area (Å²) in [5.74, 6) is 0.937. The lowest BCUT2D eigenvalue weighted by molar-refractivity contribution is 0.466. The van der Waals surface area contributed by atoms with Crippen LogP contribution in [0.2, 0.25) is 0 Å². The molecule has 0 spiro atoms. The molecule has 0 unspecified atom stereocenters. The molecule has 0 radical (unpaired) electrons. The van der Waals surface area contributed by atoms with Crippen LogP contribution in [0.4, 0.5) is 0 Å². The summed E-state index contributed by atoms with van der Waals surface area (Å²) in [5, 5.41) is 38.6. The van der Waals surface area contributed by atoms with E-state index in [2.05, 4.69) is 91.4 Å². The zero-order chi connectivity index (χ0) is 29.8. The average molecular weight is 800 g/mol. The van der Waals surface area contributed by atoms with Crippen LogP contribution in [0, 0.1) is 0 Å². The first-order valence-electron chi connectivity index (χ1n) is 12.7. The van der Waals surface area contributed by atoms with Gasteiger partial charge in [0.1, 0.15) is 23.0 Å². The Morgan fingerprint density at radius 1 is 0.525 bits per heavy atom. The van der Waals surface area contributed by atoms with Gasteiger partial charge in [-0.05, 0) is 141 Å². The summed E-state index contributed by atoms with van der Waals surface area (Å²) < 4.78 is 2.54. The Hall–Kier alpha value is -2.00.